The van der Waals surface area contributed by atoms with Gasteiger partial charge in [0.1, 0.15) is 29.1 Å². The van der Waals surface area contributed by atoms with Crippen LogP contribution in [0.1, 0.15) is 45.3 Å². The lowest BCUT2D eigenvalue weighted by Crippen LogP contribution is -2.63. The van der Waals surface area contributed by atoms with Gasteiger partial charge in [0.05, 0.1) is 24.3 Å². The Balaban J connectivity index is 1.49. The molecule has 0 radical (unpaired) electrons. The van der Waals surface area contributed by atoms with Crippen molar-refractivity contribution in [3.05, 3.63) is 69.3 Å². The van der Waals surface area contributed by atoms with E-state index >= 15 is 0 Å². The van der Waals surface area contributed by atoms with E-state index in [-0.39, 0.29) is 34.1 Å². The SMILES string of the molecule is N[C@@H]1C(O)[C@H](O)C(CO)O[C@H]1Oc1ccc(C[C@@H](c2ccc(C(O)(F)F)c(OC3CC3)c2)c2cnc(C(O)(C(F)(F)F)C(F)(F)F)s2)cn1. The Labute approximate surface area is 275 Å². The highest BCUT2D eigenvalue weighted by Crippen LogP contribution is 2.52. The van der Waals surface area contributed by atoms with E-state index in [1.165, 1.54) is 18.3 Å². The molecular weight excluding hydrogens is 702 g/mol. The summed E-state index contributed by atoms with van der Waals surface area (Å²) in [6.45, 7) is -0.675. The van der Waals surface area contributed by atoms with Crippen molar-refractivity contribution in [3.63, 3.8) is 0 Å². The van der Waals surface area contributed by atoms with E-state index in [1.807, 2.05) is 0 Å². The lowest BCUT2D eigenvalue weighted by Gasteiger charge is -2.40. The van der Waals surface area contributed by atoms with Crippen LogP contribution >= 0.6 is 11.3 Å². The fraction of sp³-hybridized carbons (Fsp3) is 0.517. The molecule has 5 rings (SSSR count). The molecule has 3 aromatic rings. The molecule has 1 aliphatic carbocycles. The van der Waals surface area contributed by atoms with Crippen LogP contribution in [0.4, 0.5) is 35.1 Å². The summed E-state index contributed by atoms with van der Waals surface area (Å²) < 4.78 is 126. The summed E-state index contributed by atoms with van der Waals surface area (Å²) in [5, 5.41) is 47.1. The first-order valence-electron chi connectivity index (χ1n) is 14.5. The fourth-order valence-electron chi connectivity index (χ4n) is 5.03. The van der Waals surface area contributed by atoms with Crippen LogP contribution in [0.25, 0.3) is 0 Å². The Bertz CT molecular complexity index is 1580. The van der Waals surface area contributed by atoms with Crippen LogP contribution in [-0.2, 0) is 22.9 Å². The van der Waals surface area contributed by atoms with Crippen LogP contribution in [-0.4, -0.2) is 91.2 Å². The van der Waals surface area contributed by atoms with Crippen molar-refractivity contribution in [2.24, 2.45) is 5.73 Å². The van der Waals surface area contributed by atoms with Crippen LogP contribution in [0.2, 0.25) is 0 Å². The van der Waals surface area contributed by atoms with Gasteiger partial charge in [-0.15, -0.1) is 11.3 Å². The topological polar surface area (TPSA) is 181 Å². The number of aromatic nitrogens is 2. The number of alkyl halides is 8. The summed E-state index contributed by atoms with van der Waals surface area (Å²) >= 11 is -0.0926. The van der Waals surface area contributed by atoms with E-state index in [1.54, 1.807) is 0 Å². The van der Waals surface area contributed by atoms with Gasteiger partial charge in [-0.05, 0) is 42.5 Å². The molecule has 3 heterocycles. The quantitative estimate of drug-likeness (QED) is 0.160. The van der Waals surface area contributed by atoms with Crippen molar-refractivity contribution >= 4 is 11.3 Å². The lowest BCUT2D eigenvalue weighted by molar-refractivity contribution is -0.376. The second kappa shape index (κ2) is 13.5. The van der Waals surface area contributed by atoms with Crippen molar-refractivity contribution in [1.82, 2.24) is 9.97 Å². The average Bonchev–Trinajstić information content (AvgIpc) is 3.70. The van der Waals surface area contributed by atoms with Gasteiger partial charge in [-0.25, -0.2) is 9.97 Å². The maximum Gasteiger partial charge on any atom is 0.433 e. The molecule has 1 aliphatic heterocycles. The maximum atomic E-state index is 14.0. The van der Waals surface area contributed by atoms with Crippen LogP contribution in [0.3, 0.4) is 0 Å². The minimum Gasteiger partial charge on any atom is -0.490 e. The molecule has 2 fully saturated rings. The van der Waals surface area contributed by atoms with Crippen molar-refractivity contribution in [3.8, 4) is 11.6 Å². The predicted molar refractivity (Wildman–Crippen MR) is 150 cm³/mol. The van der Waals surface area contributed by atoms with E-state index in [4.69, 9.17) is 19.9 Å². The Morgan fingerprint density at radius 1 is 0.918 bits per heavy atom. The number of aliphatic hydroxyl groups excluding tert-OH is 3. The number of pyridine rings is 1. The molecule has 2 aromatic heterocycles. The molecule has 2 aliphatic rings. The molecule has 7 N–H and O–H groups in total. The molecule has 1 saturated carbocycles. The second-order valence-corrected chi connectivity index (χ2v) is 12.6. The van der Waals surface area contributed by atoms with Crippen LogP contribution in [0, 0.1) is 0 Å². The van der Waals surface area contributed by atoms with Gasteiger partial charge in [-0.2, -0.15) is 35.1 Å². The second-order valence-electron chi connectivity index (χ2n) is 11.6. The highest BCUT2D eigenvalue weighted by Gasteiger charge is 2.73. The van der Waals surface area contributed by atoms with Gasteiger partial charge in [0.25, 0.3) is 0 Å². The third-order valence-corrected chi connectivity index (χ3v) is 9.17. The molecule has 1 aromatic carbocycles. The number of ether oxygens (including phenoxy) is 3. The Hall–Kier alpha value is -3.24. The zero-order valence-corrected chi connectivity index (χ0v) is 25.6. The minimum absolute atomic E-state index is 0.0749. The molecule has 1 saturated heterocycles. The summed E-state index contributed by atoms with van der Waals surface area (Å²) in [5.74, 6) is -1.76. The smallest absolute Gasteiger partial charge is 0.433 e. The molecule has 20 heteroatoms. The number of hydrogen-bond donors (Lipinski definition) is 6. The van der Waals surface area contributed by atoms with Gasteiger partial charge < -0.3 is 45.5 Å². The molecule has 270 valence electrons. The Morgan fingerprint density at radius 2 is 1.59 bits per heavy atom. The number of nitrogens with zero attached hydrogens (tertiary/aromatic N) is 2. The number of thiazole rings is 1. The van der Waals surface area contributed by atoms with Crippen molar-refractivity contribution < 1.29 is 74.9 Å². The first kappa shape index (κ1) is 37.0. The Kier molecular flexibility index (Phi) is 10.2. The fourth-order valence-corrected chi connectivity index (χ4v) is 6.21. The number of halogens is 8. The van der Waals surface area contributed by atoms with Crippen LogP contribution in [0.5, 0.6) is 11.6 Å². The number of hydrogen-bond acceptors (Lipinski definition) is 12. The van der Waals surface area contributed by atoms with Crippen LogP contribution < -0.4 is 15.2 Å². The molecule has 2 unspecified atom stereocenters. The number of benzene rings is 1. The summed E-state index contributed by atoms with van der Waals surface area (Å²) in [5.41, 5.74) is 0.0186. The largest absolute Gasteiger partial charge is 0.490 e. The number of nitrogens with two attached hydrogens (primary N) is 1. The summed E-state index contributed by atoms with van der Waals surface area (Å²) in [6.07, 6.45) is -20.1. The van der Waals surface area contributed by atoms with E-state index in [9.17, 15) is 60.7 Å². The van der Waals surface area contributed by atoms with Gasteiger partial charge in [0.2, 0.25) is 12.2 Å². The monoisotopic (exact) mass is 731 g/mol. The highest BCUT2D eigenvalue weighted by molar-refractivity contribution is 7.11. The number of rotatable bonds is 11. The standard InChI is InChI=1S/C29H29F8N3O8S/c30-27(31,45)16-5-2-13(8-17(16)46-14-3-4-14)15(19-10-40-25(49-19)26(44,28(32,33)34)29(35,36)37)7-12-1-6-20(39-9-12)48-24-21(38)23(43)22(42)18(11-41)47-24/h1-2,5-6,8-10,14-15,18,21-24,41-45H,3-4,7,11,38H2/t15-,18?,21+,22+,23?,24-/m0/s1. The predicted octanol–water partition coefficient (Wildman–Crippen LogP) is 2.95. The molecule has 11 nitrogen and oxygen atoms in total. The molecule has 0 spiro atoms. The van der Waals surface area contributed by atoms with E-state index in [0.717, 1.165) is 18.2 Å². The van der Waals surface area contributed by atoms with Gasteiger partial charge in [0, 0.05) is 29.3 Å². The van der Waals surface area contributed by atoms with Crippen molar-refractivity contribution in [2.45, 2.75) is 86.0 Å². The summed E-state index contributed by atoms with van der Waals surface area (Å²) in [7, 11) is 0. The normalized spacial score (nSPS) is 24.5. The third kappa shape index (κ3) is 7.60. The van der Waals surface area contributed by atoms with Crippen molar-refractivity contribution in [1.29, 1.82) is 0 Å². The lowest BCUT2D eigenvalue weighted by atomic mass is 9.90. The molecular formula is C29H29F8N3O8S. The number of aliphatic hydroxyl groups is 5. The minimum atomic E-state index is -6.20. The molecule has 0 amide bonds. The maximum absolute atomic E-state index is 14.0. The zero-order valence-electron chi connectivity index (χ0n) is 24.8. The molecule has 49 heavy (non-hydrogen) atoms. The van der Waals surface area contributed by atoms with E-state index < -0.39 is 89.7 Å². The molecule has 6 atom stereocenters. The van der Waals surface area contributed by atoms with Crippen LogP contribution in [0.15, 0.2) is 42.7 Å². The first-order chi connectivity index (χ1) is 22.7. The van der Waals surface area contributed by atoms with Crippen molar-refractivity contribution in [2.75, 3.05) is 6.61 Å². The first-order valence-corrected chi connectivity index (χ1v) is 15.3. The van der Waals surface area contributed by atoms with E-state index in [0.29, 0.717) is 24.6 Å². The van der Waals surface area contributed by atoms with Gasteiger partial charge in [-0.1, -0.05) is 12.1 Å². The van der Waals surface area contributed by atoms with Gasteiger partial charge in [-0.3, -0.25) is 0 Å². The third-order valence-electron chi connectivity index (χ3n) is 7.95. The zero-order chi connectivity index (χ0) is 36.1. The highest BCUT2D eigenvalue weighted by atomic mass is 32.1. The average molecular weight is 732 g/mol. The van der Waals surface area contributed by atoms with E-state index in [2.05, 4.69) is 9.97 Å². The molecule has 0 bridgehead atoms. The van der Waals surface area contributed by atoms with Gasteiger partial charge in [0.15, 0.2) is 0 Å². The Morgan fingerprint density at radius 3 is 2.14 bits per heavy atom. The van der Waals surface area contributed by atoms with Gasteiger partial charge >= 0.3 is 24.1 Å². The summed E-state index contributed by atoms with van der Waals surface area (Å²) in [4.78, 5) is 7.14. The summed E-state index contributed by atoms with van der Waals surface area (Å²) in [6, 6.07) is 4.42.